The number of carbonyl (C=O) groups excluding carboxylic acids is 1. The van der Waals surface area contributed by atoms with E-state index in [9.17, 15) is 22.4 Å². The van der Waals surface area contributed by atoms with Crippen molar-refractivity contribution < 1.29 is 27.1 Å². The number of hydrogen-bond donors (Lipinski definition) is 1. The Hall–Kier alpha value is -3.82. The van der Waals surface area contributed by atoms with Gasteiger partial charge in [-0.2, -0.15) is 5.10 Å². The number of rotatable bonds is 8. The van der Waals surface area contributed by atoms with Gasteiger partial charge in [0.15, 0.2) is 11.6 Å². The number of hydrazone groups is 1. The molecule has 0 saturated heterocycles. The van der Waals surface area contributed by atoms with Crippen molar-refractivity contribution in [1.82, 2.24) is 10.3 Å². The number of hydrogen-bond acceptors (Lipinski definition) is 4. The fourth-order valence-corrected chi connectivity index (χ4v) is 5.42. The SMILES string of the molecule is COCC(NCC(=O)N1N=C2/C(=C\c3ccc(F)cc3)CCCC2C1c1ccc(F)cc1)c1ccc(F)c(F)c1. The lowest BCUT2D eigenvalue weighted by Gasteiger charge is -2.30. The van der Waals surface area contributed by atoms with Crippen molar-refractivity contribution >= 4 is 17.7 Å². The molecule has 0 spiro atoms. The molecule has 3 unspecified atom stereocenters. The van der Waals surface area contributed by atoms with E-state index >= 15 is 0 Å². The van der Waals surface area contributed by atoms with Gasteiger partial charge in [0.1, 0.15) is 11.6 Å². The van der Waals surface area contributed by atoms with Crippen LogP contribution in [0.2, 0.25) is 0 Å². The molecule has 1 amide bonds. The second-order valence-corrected chi connectivity index (χ2v) is 10.0. The van der Waals surface area contributed by atoms with Crippen molar-refractivity contribution in [3.63, 3.8) is 0 Å². The van der Waals surface area contributed by atoms with Gasteiger partial charge in [0.25, 0.3) is 5.91 Å². The van der Waals surface area contributed by atoms with E-state index in [-0.39, 0.29) is 36.6 Å². The quantitative estimate of drug-likeness (QED) is 0.333. The van der Waals surface area contributed by atoms with Crippen molar-refractivity contribution in [2.45, 2.75) is 31.3 Å². The molecular weight excluding hydrogens is 522 g/mol. The summed E-state index contributed by atoms with van der Waals surface area (Å²) in [6.07, 6.45) is 4.39. The molecule has 1 N–H and O–H groups in total. The Morgan fingerprint density at radius 1 is 1.02 bits per heavy atom. The van der Waals surface area contributed by atoms with Gasteiger partial charge in [0.2, 0.25) is 0 Å². The van der Waals surface area contributed by atoms with E-state index in [1.807, 2.05) is 6.08 Å². The highest BCUT2D eigenvalue weighted by molar-refractivity contribution is 6.08. The van der Waals surface area contributed by atoms with Gasteiger partial charge in [-0.05, 0) is 84.0 Å². The van der Waals surface area contributed by atoms with Crippen LogP contribution in [0.25, 0.3) is 6.08 Å². The zero-order valence-corrected chi connectivity index (χ0v) is 21.9. The normalized spacial score (nSPS) is 20.4. The van der Waals surface area contributed by atoms with Crippen LogP contribution in [0.5, 0.6) is 0 Å². The number of nitrogens with zero attached hydrogens (tertiary/aromatic N) is 2. The molecule has 1 fully saturated rings. The minimum Gasteiger partial charge on any atom is -0.383 e. The average Bonchev–Trinajstić information content (AvgIpc) is 3.35. The molecule has 0 bridgehead atoms. The Labute approximate surface area is 230 Å². The Bertz CT molecular complexity index is 1420. The molecule has 208 valence electrons. The largest absolute Gasteiger partial charge is 0.383 e. The van der Waals surface area contributed by atoms with E-state index in [0.717, 1.165) is 53.8 Å². The zero-order chi connectivity index (χ0) is 28.2. The summed E-state index contributed by atoms with van der Waals surface area (Å²) in [6.45, 7) is -0.0212. The van der Waals surface area contributed by atoms with E-state index in [2.05, 4.69) is 5.32 Å². The predicted octanol–water partition coefficient (Wildman–Crippen LogP) is 6.34. The van der Waals surface area contributed by atoms with Gasteiger partial charge in [-0.15, -0.1) is 0 Å². The van der Waals surface area contributed by atoms with Crippen LogP contribution in [0.1, 0.15) is 48.0 Å². The summed E-state index contributed by atoms with van der Waals surface area (Å²) < 4.78 is 59.8. The molecule has 5 nitrogen and oxygen atoms in total. The van der Waals surface area contributed by atoms with Gasteiger partial charge < -0.3 is 4.74 Å². The van der Waals surface area contributed by atoms with Gasteiger partial charge in [0.05, 0.1) is 30.9 Å². The summed E-state index contributed by atoms with van der Waals surface area (Å²) >= 11 is 0. The lowest BCUT2D eigenvalue weighted by Crippen LogP contribution is -2.39. The molecule has 1 heterocycles. The second-order valence-electron chi connectivity index (χ2n) is 10.0. The summed E-state index contributed by atoms with van der Waals surface area (Å²) in [4.78, 5) is 13.6. The molecular formula is C31H29F4N3O2. The number of benzene rings is 3. The number of amides is 1. The molecule has 3 atom stereocenters. The molecule has 1 saturated carbocycles. The van der Waals surface area contributed by atoms with Crippen molar-refractivity contribution in [2.75, 3.05) is 20.3 Å². The van der Waals surface area contributed by atoms with Gasteiger partial charge in [0, 0.05) is 13.0 Å². The highest BCUT2D eigenvalue weighted by atomic mass is 19.2. The maximum absolute atomic E-state index is 13.9. The Morgan fingerprint density at radius 3 is 2.40 bits per heavy atom. The molecule has 0 radical (unpaired) electrons. The lowest BCUT2D eigenvalue weighted by atomic mass is 9.77. The summed E-state index contributed by atoms with van der Waals surface area (Å²) in [5, 5.41) is 9.33. The second kappa shape index (κ2) is 12.1. The van der Waals surface area contributed by atoms with Crippen LogP contribution in [0.4, 0.5) is 17.6 Å². The zero-order valence-electron chi connectivity index (χ0n) is 21.9. The van der Waals surface area contributed by atoms with Crippen LogP contribution in [0.15, 0.2) is 77.4 Å². The molecule has 5 rings (SSSR count). The standard InChI is InChI=1S/C31H29F4N3O2/c1-40-18-28(21-9-14-26(34)27(35)16-21)36-17-29(39)38-31(20-7-12-24(33)13-8-20)25-4-2-3-22(30(25)37-38)15-19-5-10-23(32)11-6-19/h5-16,25,28,31,36H,2-4,17-18H2,1H3/b22-15-. The third-order valence-electron chi connectivity index (χ3n) is 7.36. The van der Waals surface area contributed by atoms with Gasteiger partial charge in [-0.25, -0.2) is 22.6 Å². The van der Waals surface area contributed by atoms with Crippen LogP contribution in [-0.2, 0) is 9.53 Å². The van der Waals surface area contributed by atoms with Crippen LogP contribution < -0.4 is 5.32 Å². The molecule has 1 aliphatic heterocycles. The first-order valence-corrected chi connectivity index (χ1v) is 13.1. The first-order valence-electron chi connectivity index (χ1n) is 13.1. The van der Waals surface area contributed by atoms with E-state index in [1.165, 1.54) is 42.5 Å². The summed E-state index contributed by atoms with van der Waals surface area (Å²) in [5.74, 6) is -3.08. The molecule has 3 aromatic carbocycles. The summed E-state index contributed by atoms with van der Waals surface area (Å²) in [7, 11) is 1.48. The Kier molecular flexibility index (Phi) is 8.42. The van der Waals surface area contributed by atoms with Crippen LogP contribution in [-0.4, -0.2) is 36.9 Å². The van der Waals surface area contributed by atoms with E-state index in [0.29, 0.717) is 5.56 Å². The van der Waals surface area contributed by atoms with E-state index in [1.54, 1.807) is 24.3 Å². The third kappa shape index (κ3) is 6.00. The van der Waals surface area contributed by atoms with Crippen molar-refractivity contribution in [2.24, 2.45) is 11.0 Å². The molecule has 2 aliphatic rings. The minimum absolute atomic E-state index is 0.101. The summed E-state index contributed by atoms with van der Waals surface area (Å²) in [6, 6.07) is 14.8. The first kappa shape index (κ1) is 27.7. The smallest absolute Gasteiger partial charge is 0.257 e. The number of methoxy groups -OCH3 is 1. The monoisotopic (exact) mass is 551 g/mol. The fourth-order valence-electron chi connectivity index (χ4n) is 5.42. The van der Waals surface area contributed by atoms with Crippen LogP contribution in [0.3, 0.4) is 0 Å². The highest BCUT2D eigenvalue weighted by Crippen LogP contribution is 2.44. The third-order valence-corrected chi connectivity index (χ3v) is 7.36. The molecule has 9 heteroatoms. The maximum atomic E-state index is 13.9. The molecule has 0 aromatic heterocycles. The van der Waals surface area contributed by atoms with E-state index in [4.69, 9.17) is 9.84 Å². The fraction of sp³-hybridized carbons (Fsp3) is 0.290. The number of ether oxygens (including phenoxy) is 1. The number of allylic oxidation sites excluding steroid dienone is 1. The Morgan fingerprint density at radius 2 is 1.73 bits per heavy atom. The van der Waals surface area contributed by atoms with Gasteiger partial charge in [-0.3, -0.25) is 10.1 Å². The predicted molar refractivity (Wildman–Crippen MR) is 144 cm³/mol. The highest BCUT2D eigenvalue weighted by Gasteiger charge is 2.43. The minimum atomic E-state index is -0.987. The topological polar surface area (TPSA) is 53.9 Å². The number of fused-ring (bicyclic) bond motifs is 1. The Balaban J connectivity index is 1.43. The van der Waals surface area contributed by atoms with Gasteiger partial charge in [-0.1, -0.05) is 30.3 Å². The van der Waals surface area contributed by atoms with Crippen molar-refractivity contribution in [1.29, 1.82) is 0 Å². The molecule has 3 aromatic rings. The molecule has 1 aliphatic carbocycles. The summed E-state index contributed by atoms with van der Waals surface area (Å²) in [5.41, 5.74) is 3.79. The van der Waals surface area contributed by atoms with Crippen LogP contribution in [0, 0.1) is 29.2 Å². The molecule has 40 heavy (non-hydrogen) atoms. The van der Waals surface area contributed by atoms with Crippen molar-refractivity contribution in [3.8, 4) is 0 Å². The first-order chi connectivity index (χ1) is 19.3. The average molecular weight is 552 g/mol. The maximum Gasteiger partial charge on any atom is 0.257 e. The van der Waals surface area contributed by atoms with Gasteiger partial charge >= 0.3 is 0 Å². The van der Waals surface area contributed by atoms with Crippen molar-refractivity contribution in [3.05, 3.63) is 112 Å². The number of carbonyl (C=O) groups is 1. The van der Waals surface area contributed by atoms with Crippen LogP contribution >= 0.6 is 0 Å². The van der Waals surface area contributed by atoms with E-state index < -0.39 is 23.7 Å². The lowest BCUT2D eigenvalue weighted by molar-refractivity contribution is -0.132. The number of nitrogens with one attached hydrogen (secondary N) is 1. The number of halogens is 4.